The van der Waals surface area contributed by atoms with Gasteiger partial charge in [0.15, 0.2) is 0 Å². The van der Waals surface area contributed by atoms with Gasteiger partial charge in [0.2, 0.25) is 0 Å². The second kappa shape index (κ2) is 5.37. The SMILES string of the molecule is OCCCCC(CO)C(F)(F)F. The van der Waals surface area contributed by atoms with Gasteiger partial charge in [-0.05, 0) is 12.8 Å². The molecule has 2 nitrogen and oxygen atoms in total. The van der Waals surface area contributed by atoms with E-state index in [0.29, 0.717) is 12.8 Å². The van der Waals surface area contributed by atoms with Crippen molar-refractivity contribution in [2.45, 2.75) is 25.4 Å². The van der Waals surface area contributed by atoms with Crippen molar-refractivity contribution in [3.05, 3.63) is 0 Å². The Bertz CT molecular complexity index is 114. The van der Waals surface area contributed by atoms with Crippen molar-refractivity contribution < 1.29 is 23.4 Å². The van der Waals surface area contributed by atoms with Crippen molar-refractivity contribution in [1.82, 2.24) is 0 Å². The summed E-state index contributed by atoms with van der Waals surface area (Å²) in [4.78, 5) is 0. The summed E-state index contributed by atoms with van der Waals surface area (Å²) in [6.07, 6.45) is -3.78. The van der Waals surface area contributed by atoms with Gasteiger partial charge in [0.25, 0.3) is 0 Å². The summed E-state index contributed by atoms with van der Waals surface area (Å²) >= 11 is 0. The Morgan fingerprint density at radius 3 is 2.00 bits per heavy atom. The van der Waals surface area contributed by atoms with Crippen molar-refractivity contribution in [2.24, 2.45) is 5.92 Å². The van der Waals surface area contributed by atoms with Gasteiger partial charge in [0, 0.05) is 6.61 Å². The van der Waals surface area contributed by atoms with Crippen molar-refractivity contribution in [3.8, 4) is 0 Å². The zero-order valence-electron chi connectivity index (χ0n) is 6.64. The van der Waals surface area contributed by atoms with Crippen LogP contribution in [-0.2, 0) is 0 Å². The monoisotopic (exact) mass is 186 g/mol. The number of unbranched alkanes of at least 4 members (excludes halogenated alkanes) is 1. The smallest absolute Gasteiger partial charge is 0.394 e. The molecule has 0 aromatic heterocycles. The maximum Gasteiger partial charge on any atom is 0.394 e. The molecule has 0 amide bonds. The Kier molecular flexibility index (Phi) is 5.24. The predicted molar refractivity (Wildman–Crippen MR) is 37.6 cm³/mol. The quantitative estimate of drug-likeness (QED) is 0.636. The summed E-state index contributed by atoms with van der Waals surface area (Å²) < 4.78 is 35.8. The highest BCUT2D eigenvalue weighted by atomic mass is 19.4. The maximum atomic E-state index is 11.9. The highest BCUT2D eigenvalue weighted by Gasteiger charge is 2.38. The number of halogens is 3. The summed E-state index contributed by atoms with van der Waals surface area (Å²) in [6, 6.07) is 0. The molecule has 0 heterocycles. The molecule has 0 radical (unpaired) electrons. The molecule has 2 N–H and O–H groups in total. The van der Waals surface area contributed by atoms with Crippen LogP contribution in [0.5, 0.6) is 0 Å². The van der Waals surface area contributed by atoms with E-state index < -0.39 is 18.7 Å². The Labute approximate surface area is 69.0 Å². The Hall–Kier alpha value is -0.290. The summed E-state index contributed by atoms with van der Waals surface area (Å²) in [5.74, 6) is -1.64. The van der Waals surface area contributed by atoms with Crippen molar-refractivity contribution >= 4 is 0 Å². The van der Waals surface area contributed by atoms with Crippen LogP contribution in [0.15, 0.2) is 0 Å². The molecule has 0 spiro atoms. The standard InChI is InChI=1S/C7H13F3O2/c8-7(9,10)6(5-12)3-1-2-4-11/h6,11-12H,1-5H2. The molecule has 0 aliphatic rings. The van der Waals surface area contributed by atoms with Gasteiger partial charge in [0.05, 0.1) is 12.5 Å². The van der Waals surface area contributed by atoms with Crippen molar-refractivity contribution in [3.63, 3.8) is 0 Å². The van der Waals surface area contributed by atoms with Crippen LogP contribution >= 0.6 is 0 Å². The lowest BCUT2D eigenvalue weighted by atomic mass is 10.0. The molecule has 0 rings (SSSR count). The Morgan fingerprint density at radius 1 is 1.08 bits per heavy atom. The van der Waals surface area contributed by atoms with E-state index in [9.17, 15) is 13.2 Å². The number of hydrogen-bond donors (Lipinski definition) is 2. The molecular formula is C7H13F3O2. The van der Waals surface area contributed by atoms with Crippen LogP contribution in [0.1, 0.15) is 19.3 Å². The Morgan fingerprint density at radius 2 is 1.67 bits per heavy atom. The molecule has 0 bridgehead atoms. The number of rotatable bonds is 5. The second-order valence-electron chi connectivity index (χ2n) is 2.64. The largest absolute Gasteiger partial charge is 0.396 e. The van der Waals surface area contributed by atoms with E-state index in [1.54, 1.807) is 0 Å². The molecule has 0 aliphatic heterocycles. The fourth-order valence-corrected chi connectivity index (χ4v) is 0.861. The zero-order chi connectivity index (χ0) is 9.61. The molecule has 0 aromatic carbocycles. The van der Waals surface area contributed by atoms with Crippen LogP contribution in [0.3, 0.4) is 0 Å². The van der Waals surface area contributed by atoms with Crippen LogP contribution < -0.4 is 0 Å². The number of hydrogen-bond acceptors (Lipinski definition) is 2. The first-order valence-corrected chi connectivity index (χ1v) is 3.80. The lowest BCUT2D eigenvalue weighted by Gasteiger charge is -2.16. The van der Waals surface area contributed by atoms with Crippen molar-refractivity contribution in [1.29, 1.82) is 0 Å². The van der Waals surface area contributed by atoms with Gasteiger partial charge in [0.1, 0.15) is 0 Å². The van der Waals surface area contributed by atoms with Crippen molar-refractivity contribution in [2.75, 3.05) is 13.2 Å². The molecule has 0 aliphatic carbocycles. The molecule has 5 heteroatoms. The van der Waals surface area contributed by atoms with E-state index in [-0.39, 0.29) is 13.0 Å². The average Bonchev–Trinajstić information content (AvgIpc) is 1.95. The fourth-order valence-electron chi connectivity index (χ4n) is 0.861. The first-order chi connectivity index (χ1) is 5.52. The first kappa shape index (κ1) is 11.7. The summed E-state index contributed by atoms with van der Waals surface area (Å²) in [5, 5.41) is 16.7. The maximum absolute atomic E-state index is 11.9. The molecule has 0 aromatic rings. The first-order valence-electron chi connectivity index (χ1n) is 3.80. The van der Waals surface area contributed by atoms with Crippen LogP contribution in [0.4, 0.5) is 13.2 Å². The summed E-state index contributed by atoms with van der Waals surface area (Å²) in [5.41, 5.74) is 0. The molecule has 0 saturated heterocycles. The minimum absolute atomic E-state index is 0.101. The van der Waals surface area contributed by atoms with E-state index in [0.717, 1.165) is 0 Å². The van der Waals surface area contributed by atoms with Crippen LogP contribution in [-0.4, -0.2) is 29.6 Å². The lowest BCUT2D eigenvalue weighted by molar-refractivity contribution is -0.185. The number of alkyl halides is 3. The fraction of sp³-hybridized carbons (Fsp3) is 1.00. The second-order valence-corrected chi connectivity index (χ2v) is 2.64. The minimum Gasteiger partial charge on any atom is -0.396 e. The van der Waals surface area contributed by atoms with E-state index >= 15 is 0 Å². The Balaban J connectivity index is 3.68. The number of aliphatic hydroxyl groups is 2. The molecule has 0 fully saturated rings. The molecular weight excluding hydrogens is 173 g/mol. The molecule has 12 heavy (non-hydrogen) atoms. The van der Waals surface area contributed by atoms with Gasteiger partial charge >= 0.3 is 6.18 Å². The van der Waals surface area contributed by atoms with Crippen LogP contribution in [0.25, 0.3) is 0 Å². The molecule has 1 atom stereocenters. The van der Waals surface area contributed by atoms with E-state index in [1.165, 1.54) is 0 Å². The van der Waals surface area contributed by atoms with Gasteiger partial charge in [-0.1, -0.05) is 6.42 Å². The minimum atomic E-state index is -4.32. The third-order valence-corrected chi connectivity index (χ3v) is 1.64. The third-order valence-electron chi connectivity index (χ3n) is 1.64. The van der Waals surface area contributed by atoms with Gasteiger partial charge in [-0.25, -0.2) is 0 Å². The predicted octanol–water partition coefficient (Wildman–Crippen LogP) is 1.32. The molecule has 1 unspecified atom stereocenters. The third kappa shape index (κ3) is 4.56. The van der Waals surface area contributed by atoms with Crippen LogP contribution in [0, 0.1) is 5.92 Å². The highest BCUT2D eigenvalue weighted by molar-refractivity contribution is 4.66. The number of aliphatic hydroxyl groups excluding tert-OH is 2. The van der Waals surface area contributed by atoms with E-state index in [1.807, 2.05) is 0 Å². The summed E-state index contributed by atoms with van der Waals surface area (Å²) in [6.45, 7) is -0.967. The highest BCUT2D eigenvalue weighted by Crippen LogP contribution is 2.29. The van der Waals surface area contributed by atoms with Gasteiger partial charge in [-0.3, -0.25) is 0 Å². The van der Waals surface area contributed by atoms with Gasteiger partial charge in [-0.2, -0.15) is 13.2 Å². The molecule has 74 valence electrons. The van der Waals surface area contributed by atoms with Gasteiger partial charge < -0.3 is 10.2 Å². The zero-order valence-corrected chi connectivity index (χ0v) is 6.64. The van der Waals surface area contributed by atoms with E-state index in [4.69, 9.17) is 10.2 Å². The average molecular weight is 186 g/mol. The van der Waals surface area contributed by atoms with Gasteiger partial charge in [-0.15, -0.1) is 0 Å². The summed E-state index contributed by atoms with van der Waals surface area (Å²) in [7, 11) is 0. The molecule has 0 saturated carbocycles. The van der Waals surface area contributed by atoms with Crippen LogP contribution in [0.2, 0.25) is 0 Å². The topological polar surface area (TPSA) is 40.5 Å². The van der Waals surface area contributed by atoms with E-state index in [2.05, 4.69) is 0 Å². The lowest BCUT2D eigenvalue weighted by Crippen LogP contribution is -2.26. The normalized spacial score (nSPS) is 14.8.